The van der Waals surface area contributed by atoms with Gasteiger partial charge in [0.15, 0.2) is 0 Å². The summed E-state index contributed by atoms with van der Waals surface area (Å²) in [4.78, 5) is 24.6. The van der Waals surface area contributed by atoms with E-state index in [1.54, 1.807) is 0 Å². The van der Waals surface area contributed by atoms with Crippen LogP contribution in [0.3, 0.4) is 0 Å². The summed E-state index contributed by atoms with van der Waals surface area (Å²) in [5.74, 6) is -1.10. The Morgan fingerprint density at radius 3 is 2.76 bits per heavy atom. The Bertz CT molecular complexity index is 561. The van der Waals surface area contributed by atoms with Crippen molar-refractivity contribution in [1.29, 1.82) is 0 Å². The number of carbonyl (C=O) groups is 2. The molecule has 2 spiro atoms. The third-order valence-corrected chi connectivity index (χ3v) is 7.02. The van der Waals surface area contributed by atoms with Crippen molar-refractivity contribution in [3.63, 3.8) is 0 Å². The number of carbonyl (C=O) groups excluding carboxylic acids is 2. The minimum Gasteiger partial charge on any atom is -0.393 e. The summed E-state index contributed by atoms with van der Waals surface area (Å²) in [7, 11) is 0. The van der Waals surface area contributed by atoms with Crippen LogP contribution in [0.25, 0.3) is 0 Å². The second-order valence-electron chi connectivity index (χ2n) is 7.48. The number of hydrogen-bond donors (Lipinski definition) is 0. The fourth-order valence-electron chi connectivity index (χ4n) is 6.42. The second kappa shape index (κ2) is 3.78. The third kappa shape index (κ3) is 1.20. The molecule has 4 fully saturated rings. The van der Waals surface area contributed by atoms with E-state index in [2.05, 4.69) is 12.2 Å². The number of allylic oxidation sites excluding steroid dienone is 1. The molecule has 21 heavy (non-hydrogen) atoms. The molecular formula is C17H20O4. The fraction of sp³-hybridized carbons (Fsp3) is 0.765. The smallest absolute Gasteiger partial charge is 0.318 e. The zero-order valence-electron chi connectivity index (χ0n) is 12.0. The standard InChI is InChI=1S/C17H20O4/c18-14-11-10-4-8-16(12(11)15(19)21-14)5-1-2-6-17(16)7-3-9-20-13(10)17/h4,8,10-13H,1-3,5-7,9H2. The SMILES string of the molecule is O=C1OC(=O)C2C1C1C=CC23CCCCC32CCCOC12. The van der Waals surface area contributed by atoms with Crippen molar-refractivity contribution in [3.8, 4) is 0 Å². The highest BCUT2D eigenvalue weighted by atomic mass is 16.6. The molecule has 6 rings (SSSR count). The molecule has 0 aromatic heterocycles. The minimum absolute atomic E-state index is 0.0363. The minimum atomic E-state index is -0.313. The van der Waals surface area contributed by atoms with E-state index in [0.717, 1.165) is 38.7 Å². The van der Waals surface area contributed by atoms with Crippen molar-refractivity contribution in [2.45, 2.75) is 44.6 Å². The van der Waals surface area contributed by atoms with Gasteiger partial charge in [-0.3, -0.25) is 9.59 Å². The highest BCUT2D eigenvalue weighted by Gasteiger charge is 2.74. The van der Waals surface area contributed by atoms with Gasteiger partial charge in [-0.1, -0.05) is 25.0 Å². The Balaban J connectivity index is 1.75. The van der Waals surface area contributed by atoms with E-state index in [0.29, 0.717) is 0 Å². The molecule has 2 bridgehead atoms. The van der Waals surface area contributed by atoms with Crippen molar-refractivity contribution in [3.05, 3.63) is 12.2 Å². The zero-order valence-corrected chi connectivity index (χ0v) is 12.0. The maximum atomic E-state index is 12.4. The van der Waals surface area contributed by atoms with Crippen LogP contribution in [0, 0.1) is 28.6 Å². The molecule has 6 aliphatic rings. The van der Waals surface area contributed by atoms with Crippen LogP contribution in [0.15, 0.2) is 12.2 Å². The number of esters is 2. The van der Waals surface area contributed by atoms with Gasteiger partial charge >= 0.3 is 11.9 Å². The molecular weight excluding hydrogens is 268 g/mol. The molecule has 112 valence electrons. The van der Waals surface area contributed by atoms with Gasteiger partial charge in [-0.15, -0.1) is 0 Å². The average molecular weight is 288 g/mol. The van der Waals surface area contributed by atoms with Crippen molar-refractivity contribution in [2.24, 2.45) is 28.6 Å². The summed E-state index contributed by atoms with van der Waals surface area (Å²) in [6.07, 6.45) is 11.2. The Labute approximate surface area is 123 Å². The number of ether oxygens (including phenoxy) is 2. The third-order valence-electron chi connectivity index (χ3n) is 7.02. The van der Waals surface area contributed by atoms with Crippen molar-refractivity contribution >= 4 is 11.9 Å². The summed E-state index contributed by atoms with van der Waals surface area (Å²) in [6.45, 7) is 0.785. The van der Waals surface area contributed by atoms with E-state index in [1.807, 2.05) is 0 Å². The molecule has 0 radical (unpaired) electrons. The molecule has 2 saturated carbocycles. The van der Waals surface area contributed by atoms with Crippen LogP contribution in [0.5, 0.6) is 0 Å². The number of hydrogen-bond acceptors (Lipinski definition) is 4. The van der Waals surface area contributed by atoms with Gasteiger partial charge in [0.05, 0.1) is 17.9 Å². The number of rotatable bonds is 0. The van der Waals surface area contributed by atoms with Gasteiger partial charge in [0, 0.05) is 23.4 Å². The highest BCUT2D eigenvalue weighted by molar-refractivity contribution is 5.98. The molecule has 4 nitrogen and oxygen atoms in total. The largest absolute Gasteiger partial charge is 0.393 e. The summed E-state index contributed by atoms with van der Waals surface area (Å²) >= 11 is 0. The van der Waals surface area contributed by atoms with Crippen LogP contribution in [-0.2, 0) is 19.1 Å². The normalized spacial score (nSPS) is 53.9. The van der Waals surface area contributed by atoms with Gasteiger partial charge < -0.3 is 9.47 Å². The van der Waals surface area contributed by atoms with Gasteiger partial charge in [-0.2, -0.15) is 0 Å². The van der Waals surface area contributed by atoms with Gasteiger partial charge in [0.2, 0.25) is 0 Å². The summed E-state index contributed by atoms with van der Waals surface area (Å²) < 4.78 is 11.3. The van der Waals surface area contributed by atoms with E-state index < -0.39 is 0 Å². The maximum absolute atomic E-state index is 12.4. The highest BCUT2D eigenvalue weighted by Crippen LogP contribution is 2.72. The van der Waals surface area contributed by atoms with Crippen molar-refractivity contribution in [1.82, 2.24) is 0 Å². The Morgan fingerprint density at radius 2 is 1.86 bits per heavy atom. The molecule has 4 heteroatoms. The van der Waals surface area contributed by atoms with Gasteiger partial charge in [0.1, 0.15) is 0 Å². The molecule has 0 amide bonds. The molecule has 6 unspecified atom stereocenters. The van der Waals surface area contributed by atoms with Gasteiger partial charge in [-0.25, -0.2) is 0 Å². The van der Waals surface area contributed by atoms with E-state index in [4.69, 9.17) is 9.47 Å². The predicted octanol–water partition coefficient (Wildman–Crippen LogP) is 2.23. The molecule has 2 aliphatic heterocycles. The van der Waals surface area contributed by atoms with Crippen LogP contribution in [-0.4, -0.2) is 24.6 Å². The average Bonchev–Trinajstić information content (AvgIpc) is 2.82. The molecule has 0 aromatic rings. The van der Waals surface area contributed by atoms with E-state index in [9.17, 15) is 9.59 Å². The first-order valence-electron chi connectivity index (χ1n) is 8.26. The zero-order chi connectivity index (χ0) is 14.2. The van der Waals surface area contributed by atoms with Gasteiger partial charge in [-0.05, 0) is 25.7 Å². The Hall–Kier alpha value is -1.16. The topological polar surface area (TPSA) is 52.6 Å². The lowest BCUT2D eigenvalue weighted by Crippen LogP contribution is -2.68. The molecule has 0 N–H and O–H groups in total. The molecule has 6 atom stereocenters. The monoisotopic (exact) mass is 288 g/mol. The lowest BCUT2D eigenvalue weighted by molar-refractivity contribution is -0.231. The Morgan fingerprint density at radius 1 is 1.05 bits per heavy atom. The van der Waals surface area contributed by atoms with Crippen LogP contribution in [0.2, 0.25) is 0 Å². The maximum Gasteiger partial charge on any atom is 0.318 e. The molecule has 2 heterocycles. The van der Waals surface area contributed by atoms with Crippen LogP contribution < -0.4 is 0 Å². The second-order valence-corrected chi connectivity index (χ2v) is 7.48. The molecule has 2 saturated heterocycles. The first-order valence-corrected chi connectivity index (χ1v) is 8.26. The summed E-state index contributed by atoms with van der Waals surface area (Å²) in [5.41, 5.74) is -0.132. The van der Waals surface area contributed by atoms with E-state index in [1.165, 1.54) is 6.42 Å². The lowest BCUT2D eigenvalue weighted by atomic mass is 9.37. The predicted molar refractivity (Wildman–Crippen MR) is 73.0 cm³/mol. The van der Waals surface area contributed by atoms with E-state index >= 15 is 0 Å². The summed E-state index contributed by atoms with van der Waals surface area (Å²) in [5, 5.41) is 0. The summed E-state index contributed by atoms with van der Waals surface area (Å²) in [6, 6.07) is 0. The van der Waals surface area contributed by atoms with Crippen molar-refractivity contribution in [2.75, 3.05) is 6.61 Å². The lowest BCUT2D eigenvalue weighted by Gasteiger charge is -2.67. The first kappa shape index (κ1) is 12.4. The molecule has 0 aromatic carbocycles. The van der Waals surface area contributed by atoms with Gasteiger partial charge in [0.25, 0.3) is 0 Å². The Kier molecular flexibility index (Phi) is 2.23. The fourth-order valence-corrected chi connectivity index (χ4v) is 6.42. The van der Waals surface area contributed by atoms with Crippen LogP contribution in [0.4, 0.5) is 0 Å². The van der Waals surface area contributed by atoms with E-state index in [-0.39, 0.29) is 46.6 Å². The van der Waals surface area contributed by atoms with Crippen LogP contribution >= 0.6 is 0 Å². The molecule has 4 aliphatic carbocycles. The quantitative estimate of drug-likeness (QED) is 0.390. The first-order chi connectivity index (χ1) is 10.2. The number of cyclic esters (lactones) is 2. The van der Waals surface area contributed by atoms with Crippen molar-refractivity contribution < 1.29 is 19.1 Å². The van der Waals surface area contributed by atoms with Crippen LogP contribution in [0.1, 0.15) is 38.5 Å².